The van der Waals surface area contributed by atoms with E-state index in [4.69, 9.17) is 5.73 Å². The summed E-state index contributed by atoms with van der Waals surface area (Å²) in [6, 6.07) is 9.54. The lowest BCUT2D eigenvalue weighted by atomic mass is 10.0. The van der Waals surface area contributed by atoms with Gasteiger partial charge >= 0.3 is 5.97 Å². The van der Waals surface area contributed by atoms with E-state index in [1.54, 1.807) is 26.0 Å². The largest absolute Gasteiger partial charge is 0.508 e. The van der Waals surface area contributed by atoms with E-state index >= 15 is 0 Å². The molecule has 0 radical (unpaired) electrons. The number of thioether (sulfide) groups is 1. The van der Waals surface area contributed by atoms with Gasteiger partial charge in [-0.1, -0.05) is 44.2 Å². The average Bonchev–Trinajstić information content (AvgIpc) is 3.36. The summed E-state index contributed by atoms with van der Waals surface area (Å²) in [5, 5.41) is 28.1. The summed E-state index contributed by atoms with van der Waals surface area (Å²) >= 11 is 1.51. The number of hydrogen-bond acceptors (Lipinski definition) is 7. The number of nitrogens with two attached hydrogens (primary N) is 1. The second-order valence-electron chi connectivity index (χ2n) is 10.5. The molecule has 0 fully saturated rings. The number of carboxylic acid groups (broad SMARTS) is 1. The molecule has 42 heavy (non-hydrogen) atoms. The molecular weight excluding hydrogens is 558 g/mol. The van der Waals surface area contributed by atoms with Gasteiger partial charge in [-0.25, -0.2) is 4.79 Å². The Balaban J connectivity index is 1.67. The topological polar surface area (TPSA) is 187 Å². The lowest BCUT2D eigenvalue weighted by Gasteiger charge is -2.27. The molecular formula is C30H39N5O6S. The maximum atomic E-state index is 13.4. The fraction of sp³-hybridized carbons (Fsp3) is 0.400. The van der Waals surface area contributed by atoms with Gasteiger partial charge in [0.1, 0.15) is 23.9 Å². The van der Waals surface area contributed by atoms with Crippen LogP contribution in [-0.2, 0) is 32.0 Å². The summed E-state index contributed by atoms with van der Waals surface area (Å²) in [6.07, 6.45) is 4.25. The Bertz CT molecular complexity index is 1380. The van der Waals surface area contributed by atoms with Gasteiger partial charge in [0.15, 0.2) is 0 Å². The number of hydrogen-bond donors (Lipinski definition) is 7. The van der Waals surface area contributed by atoms with Crippen LogP contribution in [0.1, 0.15) is 31.4 Å². The van der Waals surface area contributed by atoms with Crippen molar-refractivity contribution in [3.8, 4) is 5.75 Å². The molecule has 3 aromatic rings. The Morgan fingerprint density at radius 3 is 2.21 bits per heavy atom. The first kappa shape index (κ1) is 32.5. The zero-order chi connectivity index (χ0) is 30.8. The van der Waals surface area contributed by atoms with Crippen molar-refractivity contribution in [2.75, 3.05) is 12.0 Å². The van der Waals surface area contributed by atoms with Gasteiger partial charge in [0, 0.05) is 23.5 Å². The van der Waals surface area contributed by atoms with Crippen molar-refractivity contribution in [1.82, 2.24) is 20.9 Å². The highest BCUT2D eigenvalue weighted by atomic mass is 32.2. The Kier molecular flexibility index (Phi) is 11.8. The summed E-state index contributed by atoms with van der Waals surface area (Å²) in [7, 11) is 0. The van der Waals surface area contributed by atoms with Crippen LogP contribution in [0.5, 0.6) is 5.75 Å². The predicted octanol–water partition coefficient (Wildman–Crippen LogP) is 1.93. The van der Waals surface area contributed by atoms with E-state index in [0.29, 0.717) is 17.7 Å². The van der Waals surface area contributed by atoms with Crippen LogP contribution in [0.2, 0.25) is 0 Å². The highest BCUT2D eigenvalue weighted by molar-refractivity contribution is 7.98. The molecule has 0 aliphatic heterocycles. The number of carbonyl (C=O) groups is 4. The van der Waals surface area contributed by atoms with Crippen LogP contribution in [0, 0.1) is 5.92 Å². The normalized spacial score (nSPS) is 14.1. The van der Waals surface area contributed by atoms with Crippen LogP contribution >= 0.6 is 11.8 Å². The Morgan fingerprint density at radius 2 is 1.57 bits per heavy atom. The van der Waals surface area contributed by atoms with Gasteiger partial charge in [-0.3, -0.25) is 14.4 Å². The number of aromatic hydroxyl groups is 1. The summed E-state index contributed by atoms with van der Waals surface area (Å²) in [5.74, 6) is -2.71. The maximum absolute atomic E-state index is 13.4. The molecule has 11 nitrogen and oxygen atoms in total. The van der Waals surface area contributed by atoms with Gasteiger partial charge in [0.2, 0.25) is 17.7 Å². The van der Waals surface area contributed by atoms with E-state index in [2.05, 4.69) is 20.9 Å². The van der Waals surface area contributed by atoms with Gasteiger partial charge < -0.3 is 36.9 Å². The lowest BCUT2D eigenvalue weighted by molar-refractivity contribution is -0.142. The van der Waals surface area contributed by atoms with Crippen molar-refractivity contribution in [3.63, 3.8) is 0 Å². The predicted molar refractivity (Wildman–Crippen MR) is 163 cm³/mol. The minimum absolute atomic E-state index is 0.0131. The molecule has 0 spiro atoms. The fourth-order valence-corrected chi connectivity index (χ4v) is 5.00. The Labute approximate surface area is 249 Å². The number of benzene rings is 2. The van der Waals surface area contributed by atoms with Crippen LogP contribution in [0.3, 0.4) is 0 Å². The number of H-pyrrole nitrogens is 1. The van der Waals surface area contributed by atoms with Crippen LogP contribution < -0.4 is 21.7 Å². The highest BCUT2D eigenvalue weighted by Gasteiger charge is 2.32. The summed E-state index contributed by atoms with van der Waals surface area (Å²) in [4.78, 5) is 54.7. The van der Waals surface area contributed by atoms with E-state index in [9.17, 15) is 29.4 Å². The van der Waals surface area contributed by atoms with E-state index in [0.717, 1.165) is 16.5 Å². The number of rotatable bonds is 15. The number of phenolic OH excluding ortho intramolecular Hbond substituents is 1. The molecule has 12 heteroatoms. The first-order valence-electron chi connectivity index (χ1n) is 13.7. The number of phenols is 1. The van der Waals surface area contributed by atoms with Crippen LogP contribution in [0.25, 0.3) is 10.9 Å². The number of amides is 3. The second kappa shape index (κ2) is 15.3. The van der Waals surface area contributed by atoms with Crippen molar-refractivity contribution in [3.05, 3.63) is 65.9 Å². The molecule has 0 saturated carbocycles. The van der Waals surface area contributed by atoms with E-state index < -0.39 is 47.9 Å². The third-order valence-electron chi connectivity index (χ3n) is 6.93. The molecule has 4 unspecified atom stereocenters. The number of para-hydroxylation sites is 1. The third-order valence-corrected chi connectivity index (χ3v) is 7.58. The van der Waals surface area contributed by atoms with Crippen molar-refractivity contribution in [2.45, 2.75) is 57.3 Å². The highest BCUT2D eigenvalue weighted by Crippen LogP contribution is 2.19. The van der Waals surface area contributed by atoms with E-state index in [1.807, 2.05) is 36.7 Å². The standard InChI is InChI=1S/C30H39N5O6S/c1-17(2)26(29(39)34-25(30(40)41)14-18-8-10-20(36)11-9-18)35-28(38)24(12-13-42-3)33-27(37)22(31)15-19-16-32-23-7-5-4-6-21(19)23/h4-11,16-17,22,24-26,32,36H,12-15,31H2,1-3H3,(H,33,37)(H,34,39)(H,35,38)(H,40,41). The average molecular weight is 598 g/mol. The van der Waals surface area contributed by atoms with Gasteiger partial charge in [-0.15, -0.1) is 0 Å². The number of aliphatic carboxylic acids is 1. The number of carbonyl (C=O) groups excluding carboxylic acids is 3. The summed E-state index contributed by atoms with van der Waals surface area (Å²) < 4.78 is 0. The van der Waals surface area contributed by atoms with Gasteiger partial charge in [-0.05, 0) is 60.1 Å². The molecule has 4 atom stereocenters. The molecule has 8 N–H and O–H groups in total. The monoisotopic (exact) mass is 597 g/mol. The van der Waals surface area contributed by atoms with Crippen molar-refractivity contribution < 1.29 is 29.4 Å². The quantitative estimate of drug-likeness (QED) is 0.138. The van der Waals surface area contributed by atoms with Gasteiger partial charge in [-0.2, -0.15) is 11.8 Å². The third kappa shape index (κ3) is 8.98. The number of aromatic amines is 1. The molecule has 0 aliphatic carbocycles. The lowest BCUT2D eigenvalue weighted by Crippen LogP contribution is -2.58. The molecule has 3 rings (SSSR count). The van der Waals surface area contributed by atoms with Crippen molar-refractivity contribution in [2.24, 2.45) is 11.7 Å². The van der Waals surface area contributed by atoms with Crippen molar-refractivity contribution >= 4 is 46.4 Å². The molecule has 2 aromatic carbocycles. The smallest absolute Gasteiger partial charge is 0.326 e. The van der Waals surface area contributed by atoms with E-state index in [1.165, 1.54) is 23.9 Å². The molecule has 3 amide bonds. The molecule has 0 aliphatic rings. The zero-order valence-corrected chi connectivity index (χ0v) is 24.7. The maximum Gasteiger partial charge on any atom is 0.326 e. The van der Waals surface area contributed by atoms with Crippen LogP contribution in [0.15, 0.2) is 54.7 Å². The second-order valence-corrected chi connectivity index (χ2v) is 11.5. The number of nitrogens with one attached hydrogen (secondary N) is 4. The number of fused-ring (bicyclic) bond motifs is 1. The Hall–Kier alpha value is -4.03. The molecule has 0 bridgehead atoms. The minimum Gasteiger partial charge on any atom is -0.508 e. The number of carboxylic acids is 1. The summed E-state index contributed by atoms with van der Waals surface area (Å²) in [5.41, 5.74) is 8.66. The first-order valence-corrected chi connectivity index (χ1v) is 15.1. The molecule has 0 saturated heterocycles. The van der Waals surface area contributed by atoms with Crippen molar-refractivity contribution in [1.29, 1.82) is 0 Å². The van der Waals surface area contributed by atoms with E-state index in [-0.39, 0.29) is 24.5 Å². The van der Waals surface area contributed by atoms with Crippen LogP contribution in [-0.4, -0.2) is 75.1 Å². The zero-order valence-electron chi connectivity index (χ0n) is 23.9. The Morgan fingerprint density at radius 1 is 0.905 bits per heavy atom. The fourth-order valence-electron chi connectivity index (χ4n) is 4.53. The van der Waals surface area contributed by atoms with Gasteiger partial charge in [0.25, 0.3) is 0 Å². The van der Waals surface area contributed by atoms with Crippen LogP contribution in [0.4, 0.5) is 0 Å². The summed E-state index contributed by atoms with van der Waals surface area (Å²) in [6.45, 7) is 3.46. The molecule has 1 heterocycles. The SMILES string of the molecule is CSCCC(NC(=O)C(N)Cc1c[nH]c2ccccc12)C(=O)NC(C(=O)NC(Cc1ccc(O)cc1)C(=O)O)C(C)C. The number of aromatic nitrogens is 1. The molecule has 1 aromatic heterocycles. The molecule has 226 valence electrons. The minimum atomic E-state index is -1.25. The first-order chi connectivity index (χ1) is 20.0. The van der Waals surface area contributed by atoms with Gasteiger partial charge in [0.05, 0.1) is 6.04 Å².